The second-order valence-corrected chi connectivity index (χ2v) is 10.0. The molecule has 10 heteroatoms. The van der Waals surface area contributed by atoms with Gasteiger partial charge in [0, 0.05) is 13.5 Å². The summed E-state index contributed by atoms with van der Waals surface area (Å²) < 4.78 is 23.7. The number of aryl methyl sites for hydroxylation is 2. The molecular weight excluding hydrogens is 462 g/mol. The Kier molecular flexibility index (Phi) is 5.84. The van der Waals surface area contributed by atoms with Crippen LogP contribution in [-0.4, -0.2) is 66.5 Å². The Morgan fingerprint density at radius 3 is 2.19 bits per heavy atom. The molecular formula is C26H31N5O5. The summed E-state index contributed by atoms with van der Waals surface area (Å²) >= 11 is 0. The predicted molar refractivity (Wildman–Crippen MR) is 134 cm³/mol. The maximum absolute atomic E-state index is 12.1. The second-order valence-electron chi connectivity index (χ2n) is 10.0. The Morgan fingerprint density at radius 1 is 0.889 bits per heavy atom. The van der Waals surface area contributed by atoms with Crippen LogP contribution in [0.25, 0.3) is 0 Å². The zero-order valence-corrected chi connectivity index (χ0v) is 21.3. The molecule has 0 saturated heterocycles. The molecule has 36 heavy (non-hydrogen) atoms. The number of aromatic nitrogens is 1. The van der Waals surface area contributed by atoms with E-state index in [1.165, 1.54) is 5.56 Å². The van der Waals surface area contributed by atoms with Crippen LogP contribution in [0.1, 0.15) is 54.9 Å². The van der Waals surface area contributed by atoms with Crippen LogP contribution < -0.4 is 5.32 Å². The quantitative estimate of drug-likeness (QED) is 0.633. The zero-order valence-electron chi connectivity index (χ0n) is 21.3. The van der Waals surface area contributed by atoms with Crippen molar-refractivity contribution in [2.45, 2.75) is 57.2 Å². The normalized spacial score (nSPS) is 29.1. The molecule has 10 nitrogen and oxygen atoms in total. The van der Waals surface area contributed by atoms with Gasteiger partial charge in [-0.2, -0.15) is 0 Å². The minimum atomic E-state index is -0.878. The molecule has 1 amide bonds. The first-order chi connectivity index (χ1) is 17.1. The van der Waals surface area contributed by atoms with Gasteiger partial charge in [-0.05, 0) is 39.7 Å². The lowest BCUT2D eigenvalue weighted by Gasteiger charge is -2.17. The summed E-state index contributed by atoms with van der Waals surface area (Å²) in [6.45, 7) is 8.30. The van der Waals surface area contributed by atoms with Crippen LogP contribution in [0.5, 0.6) is 0 Å². The van der Waals surface area contributed by atoms with Crippen molar-refractivity contribution in [3.05, 3.63) is 53.2 Å². The van der Waals surface area contributed by atoms with E-state index >= 15 is 0 Å². The van der Waals surface area contributed by atoms with Gasteiger partial charge in [0.1, 0.15) is 25.6 Å². The van der Waals surface area contributed by atoms with Gasteiger partial charge in [0.2, 0.25) is 17.7 Å². The van der Waals surface area contributed by atoms with Crippen molar-refractivity contribution in [2.24, 2.45) is 15.0 Å². The maximum atomic E-state index is 12.1. The maximum Gasteiger partial charge on any atom is 0.273 e. The molecule has 1 aromatic heterocycles. The van der Waals surface area contributed by atoms with Gasteiger partial charge >= 0.3 is 0 Å². The van der Waals surface area contributed by atoms with Gasteiger partial charge in [-0.1, -0.05) is 30.3 Å². The summed E-state index contributed by atoms with van der Waals surface area (Å²) in [6, 6.07) is 10.3. The van der Waals surface area contributed by atoms with Crippen LogP contribution in [0.3, 0.4) is 0 Å². The Hall–Kier alpha value is -3.69. The summed E-state index contributed by atoms with van der Waals surface area (Å²) in [5.41, 5.74) is -0.917. The number of carbonyl (C=O) groups excluding carboxylic acids is 1. The fourth-order valence-electron chi connectivity index (χ4n) is 4.42. The molecule has 1 aromatic carbocycles. The topological polar surface area (TPSA) is 120 Å². The third-order valence-corrected chi connectivity index (χ3v) is 6.66. The molecule has 3 aliphatic heterocycles. The Morgan fingerprint density at radius 2 is 1.50 bits per heavy atom. The van der Waals surface area contributed by atoms with Gasteiger partial charge in [0.15, 0.2) is 28.2 Å². The van der Waals surface area contributed by atoms with E-state index < -0.39 is 16.6 Å². The summed E-state index contributed by atoms with van der Waals surface area (Å²) in [6.07, 6.45) is 1.57. The van der Waals surface area contributed by atoms with Crippen molar-refractivity contribution in [3.8, 4) is 0 Å². The number of ether oxygens (including phenoxy) is 3. The summed E-state index contributed by atoms with van der Waals surface area (Å²) in [4.78, 5) is 30.9. The van der Waals surface area contributed by atoms with Gasteiger partial charge in [0.25, 0.3) is 5.91 Å². The number of nitrogens with zero attached hydrogens (tertiary/aromatic N) is 4. The molecule has 0 radical (unpaired) electrons. The monoisotopic (exact) mass is 493 g/mol. The van der Waals surface area contributed by atoms with Crippen LogP contribution >= 0.6 is 0 Å². The first-order valence-electron chi connectivity index (χ1n) is 12.1. The van der Waals surface area contributed by atoms with Crippen LogP contribution in [0.4, 0.5) is 0 Å². The van der Waals surface area contributed by atoms with Crippen molar-refractivity contribution < 1.29 is 23.4 Å². The third-order valence-electron chi connectivity index (χ3n) is 6.66. The molecule has 3 aliphatic rings. The highest BCUT2D eigenvalue weighted by atomic mass is 16.5. The Balaban J connectivity index is 1.33. The first-order valence-corrected chi connectivity index (χ1v) is 12.1. The Labute approximate surface area is 209 Å². The largest absolute Gasteiger partial charge is 0.478 e. The highest BCUT2D eigenvalue weighted by molar-refractivity contribution is 5.98. The van der Waals surface area contributed by atoms with Crippen LogP contribution in [-0.2, 0) is 26.2 Å². The minimum Gasteiger partial charge on any atom is -0.478 e. The van der Waals surface area contributed by atoms with Crippen molar-refractivity contribution >= 4 is 23.6 Å². The van der Waals surface area contributed by atoms with E-state index in [4.69, 9.17) is 33.6 Å². The number of benzene rings is 1. The molecule has 0 fully saturated rings. The van der Waals surface area contributed by atoms with Gasteiger partial charge in [-0.15, -0.1) is 0 Å². The molecule has 5 rings (SSSR count). The zero-order chi connectivity index (χ0) is 25.6. The molecule has 0 unspecified atom stereocenters. The molecule has 4 heterocycles. The molecule has 3 atom stereocenters. The lowest BCUT2D eigenvalue weighted by atomic mass is 10.0. The standard InChI is InChI=1S/C26H31N5O5/c1-16-19(20(32)27-5)28-21(36-16)24(2)14-34-23(30-24)26(4)15-35-22(31-26)25(3)13-33-18(29-25)12-11-17-9-7-6-8-10-17/h6-10H,11-15H2,1-5H3,(H,27,32)/t24-,25-,26-/m0/s1. The number of amides is 1. The van der Waals surface area contributed by atoms with Gasteiger partial charge < -0.3 is 23.9 Å². The van der Waals surface area contributed by atoms with Gasteiger partial charge in [0.05, 0.1) is 0 Å². The van der Waals surface area contributed by atoms with E-state index in [-0.39, 0.29) is 24.8 Å². The van der Waals surface area contributed by atoms with Crippen molar-refractivity contribution in [1.82, 2.24) is 10.3 Å². The van der Waals surface area contributed by atoms with Crippen molar-refractivity contribution in [1.29, 1.82) is 0 Å². The molecule has 2 aromatic rings. The first kappa shape index (κ1) is 24.0. The van der Waals surface area contributed by atoms with E-state index in [1.54, 1.807) is 14.0 Å². The van der Waals surface area contributed by atoms with Crippen LogP contribution in [0.2, 0.25) is 0 Å². The van der Waals surface area contributed by atoms with E-state index in [0.29, 0.717) is 42.4 Å². The summed E-state index contributed by atoms with van der Waals surface area (Å²) in [5, 5.41) is 2.57. The number of carbonyl (C=O) groups is 1. The minimum absolute atomic E-state index is 0.220. The highest BCUT2D eigenvalue weighted by Crippen LogP contribution is 2.37. The van der Waals surface area contributed by atoms with Gasteiger partial charge in [-0.25, -0.2) is 20.0 Å². The van der Waals surface area contributed by atoms with E-state index in [1.807, 2.05) is 39.0 Å². The number of rotatable bonds is 7. The van der Waals surface area contributed by atoms with E-state index in [9.17, 15) is 4.79 Å². The van der Waals surface area contributed by atoms with Crippen LogP contribution in [0, 0.1) is 6.92 Å². The average Bonchev–Trinajstić information content (AvgIpc) is 3.65. The number of oxazole rings is 1. The lowest BCUT2D eigenvalue weighted by Crippen LogP contribution is -2.35. The Bertz CT molecular complexity index is 1270. The molecule has 190 valence electrons. The average molecular weight is 494 g/mol. The molecule has 1 N–H and O–H groups in total. The number of hydrogen-bond donors (Lipinski definition) is 1. The van der Waals surface area contributed by atoms with E-state index in [0.717, 1.165) is 6.42 Å². The molecule has 0 saturated carbocycles. The summed E-state index contributed by atoms with van der Waals surface area (Å²) in [7, 11) is 1.55. The second kappa shape index (κ2) is 8.76. The summed E-state index contributed by atoms with van der Waals surface area (Å²) in [5.74, 6) is 2.09. The molecule has 0 spiro atoms. The smallest absolute Gasteiger partial charge is 0.273 e. The third kappa shape index (κ3) is 4.25. The predicted octanol–water partition coefficient (Wildman–Crippen LogP) is 2.99. The van der Waals surface area contributed by atoms with E-state index in [2.05, 4.69) is 22.4 Å². The number of aliphatic imine (C=N–C) groups is 3. The number of nitrogens with one attached hydrogen (secondary N) is 1. The number of hydrogen-bond acceptors (Lipinski definition) is 9. The van der Waals surface area contributed by atoms with Crippen molar-refractivity contribution in [2.75, 3.05) is 26.9 Å². The molecule has 0 bridgehead atoms. The SMILES string of the molecule is CNC(=O)c1nc([C@]2(C)COC([C@]3(C)COC([C@]4(C)COC(CCc5ccccc5)=N4)=N3)=N2)oc1C. The highest BCUT2D eigenvalue weighted by Gasteiger charge is 2.51. The fourth-order valence-corrected chi connectivity index (χ4v) is 4.42. The molecule has 0 aliphatic carbocycles. The van der Waals surface area contributed by atoms with Crippen molar-refractivity contribution in [3.63, 3.8) is 0 Å². The van der Waals surface area contributed by atoms with Crippen LogP contribution in [0.15, 0.2) is 49.7 Å². The fraction of sp³-hybridized carbons (Fsp3) is 0.500. The lowest BCUT2D eigenvalue weighted by molar-refractivity contribution is 0.0957. The van der Waals surface area contributed by atoms with Gasteiger partial charge in [-0.3, -0.25) is 4.79 Å².